The first-order valence-corrected chi connectivity index (χ1v) is 19.7. The van der Waals surface area contributed by atoms with Crippen LogP contribution in [-0.4, -0.2) is 89.1 Å². The minimum absolute atomic E-state index is 0.0176. The third-order valence-corrected chi connectivity index (χ3v) is 10.9. The Morgan fingerprint density at radius 1 is 0.839 bits per heavy atom. The summed E-state index contributed by atoms with van der Waals surface area (Å²) in [6.45, 7) is 5.51. The van der Waals surface area contributed by atoms with Crippen molar-refractivity contribution >= 4 is 45.9 Å². The normalized spacial score (nSPS) is 17.5. The highest BCUT2D eigenvalue weighted by Gasteiger charge is 2.37. The van der Waals surface area contributed by atoms with Crippen molar-refractivity contribution in [2.75, 3.05) is 50.4 Å². The predicted molar refractivity (Wildman–Crippen MR) is 221 cm³/mol. The molecule has 2 fully saturated rings. The number of likely N-dealkylation sites (N-methyl/N-ethyl adjacent to an activating group) is 1. The van der Waals surface area contributed by atoms with Crippen LogP contribution in [0.15, 0.2) is 109 Å². The highest BCUT2D eigenvalue weighted by molar-refractivity contribution is 6.00. The van der Waals surface area contributed by atoms with E-state index >= 15 is 0 Å². The largest absolute Gasteiger partial charge is 0.355 e. The fourth-order valence-electron chi connectivity index (χ4n) is 8.06. The summed E-state index contributed by atoms with van der Waals surface area (Å²) in [6, 6.07) is 34.2. The molecular formula is C45H51N7O4. The van der Waals surface area contributed by atoms with Crippen molar-refractivity contribution in [1.29, 1.82) is 0 Å². The summed E-state index contributed by atoms with van der Waals surface area (Å²) in [7, 11) is 1.76. The van der Waals surface area contributed by atoms with Crippen LogP contribution in [0.25, 0.3) is 22.2 Å². The van der Waals surface area contributed by atoms with Gasteiger partial charge >= 0.3 is 0 Å². The number of nitrogens with zero attached hydrogens (tertiary/aromatic N) is 3. The molecule has 56 heavy (non-hydrogen) atoms. The summed E-state index contributed by atoms with van der Waals surface area (Å²) in [5.41, 5.74) is 6.17. The summed E-state index contributed by atoms with van der Waals surface area (Å²) in [6.07, 6.45) is 2.95. The van der Waals surface area contributed by atoms with Gasteiger partial charge in [-0.3, -0.25) is 24.1 Å². The maximum atomic E-state index is 13.6. The lowest BCUT2D eigenvalue weighted by Crippen LogP contribution is -2.47. The van der Waals surface area contributed by atoms with E-state index in [2.05, 4.69) is 38.0 Å². The van der Waals surface area contributed by atoms with Crippen LogP contribution in [0.3, 0.4) is 0 Å². The highest BCUT2D eigenvalue weighted by atomic mass is 16.2. The molecule has 0 bridgehead atoms. The number of anilines is 2. The molecule has 1 aromatic heterocycles. The van der Waals surface area contributed by atoms with Crippen LogP contribution in [0.5, 0.6) is 0 Å². The Balaban J connectivity index is 0.936. The van der Waals surface area contributed by atoms with Gasteiger partial charge in [0.05, 0.1) is 12.5 Å². The number of hydrogen-bond donors (Lipinski definition) is 4. The number of likely N-dealkylation sites (tertiary alicyclic amines) is 2. The Labute approximate surface area is 328 Å². The van der Waals surface area contributed by atoms with Crippen LogP contribution in [0.1, 0.15) is 49.8 Å². The fourth-order valence-corrected chi connectivity index (χ4v) is 8.06. The van der Waals surface area contributed by atoms with Crippen LogP contribution in [0.2, 0.25) is 0 Å². The van der Waals surface area contributed by atoms with E-state index in [1.807, 2.05) is 104 Å². The van der Waals surface area contributed by atoms with E-state index < -0.39 is 12.1 Å². The van der Waals surface area contributed by atoms with E-state index in [-0.39, 0.29) is 36.1 Å². The molecule has 5 aromatic rings. The summed E-state index contributed by atoms with van der Waals surface area (Å²) < 4.78 is 0. The number of carbonyl (C=O) groups excluding carboxylic acids is 4. The standard InChI is InChI=1S/C45H51N7O4/c1-3-23-51(44(55)34-22-25-50(29-34)28-31-11-6-4-7-12-31)30-41(53)47-36-18-16-32(17-19-36)39-27-35-26-37(20-21-38(35)49-39)48-43(54)40-15-10-24-52(40)45(56)42(46-2)33-13-8-5-9-14-33/h4-9,11-14,16-21,26-27,34,40,42,46,49H,3,10,15,22-25,28-30H2,1-2H3,(H,47,53)(H,48,54)/t34-,40-,42+/m0/s1. The second kappa shape index (κ2) is 17.8. The van der Waals surface area contributed by atoms with Gasteiger partial charge in [0.15, 0.2) is 0 Å². The first kappa shape index (κ1) is 38.5. The topological polar surface area (TPSA) is 130 Å². The molecule has 3 heterocycles. The second-order valence-corrected chi connectivity index (χ2v) is 14.9. The predicted octanol–water partition coefficient (Wildman–Crippen LogP) is 6.42. The summed E-state index contributed by atoms with van der Waals surface area (Å²) in [5.74, 6) is -0.579. The maximum absolute atomic E-state index is 13.6. The van der Waals surface area contributed by atoms with Gasteiger partial charge in [0.25, 0.3) is 0 Å². The molecule has 0 radical (unpaired) electrons. The van der Waals surface area contributed by atoms with E-state index in [1.165, 1.54) is 5.56 Å². The minimum atomic E-state index is -0.544. The lowest BCUT2D eigenvalue weighted by Gasteiger charge is -2.28. The molecular weight excluding hydrogens is 703 g/mol. The van der Waals surface area contributed by atoms with Crippen molar-refractivity contribution in [3.05, 3.63) is 120 Å². The molecule has 11 nitrogen and oxygen atoms in total. The number of nitrogens with one attached hydrogen (secondary N) is 4. The van der Waals surface area contributed by atoms with E-state index in [9.17, 15) is 19.2 Å². The molecule has 0 spiro atoms. The van der Waals surface area contributed by atoms with Gasteiger partial charge in [-0.05, 0) is 92.4 Å². The summed E-state index contributed by atoms with van der Waals surface area (Å²) in [4.78, 5) is 62.9. The van der Waals surface area contributed by atoms with Crippen molar-refractivity contribution < 1.29 is 19.2 Å². The molecule has 0 aliphatic carbocycles. The number of carbonyl (C=O) groups is 4. The molecule has 4 aromatic carbocycles. The van der Waals surface area contributed by atoms with Gasteiger partial charge in [0, 0.05) is 54.2 Å². The Kier molecular flexibility index (Phi) is 12.2. The van der Waals surface area contributed by atoms with E-state index in [4.69, 9.17) is 0 Å². The van der Waals surface area contributed by atoms with Gasteiger partial charge in [-0.1, -0.05) is 79.7 Å². The molecule has 2 saturated heterocycles. The monoisotopic (exact) mass is 753 g/mol. The van der Waals surface area contributed by atoms with Crippen molar-refractivity contribution in [1.82, 2.24) is 25.0 Å². The lowest BCUT2D eigenvalue weighted by atomic mass is 10.1. The van der Waals surface area contributed by atoms with Gasteiger partial charge in [0.2, 0.25) is 23.6 Å². The molecule has 0 saturated carbocycles. The average molecular weight is 754 g/mol. The van der Waals surface area contributed by atoms with Gasteiger partial charge < -0.3 is 30.7 Å². The van der Waals surface area contributed by atoms with Gasteiger partial charge in [-0.25, -0.2) is 0 Å². The zero-order chi connectivity index (χ0) is 39.0. The fraction of sp³-hybridized carbons (Fsp3) is 0.333. The quantitative estimate of drug-likeness (QED) is 0.104. The molecule has 4 N–H and O–H groups in total. The third kappa shape index (κ3) is 9.01. The number of H-pyrrole nitrogens is 1. The molecule has 4 amide bonds. The van der Waals surface area contributed by atoms with Crippen LogP contribution in [0, 0.1) is 5.92 Å². The average Bonchev–Trinajstić information content (AvgIpc) is 3.99. The maximum Gasteiger partial charge on any atom is 0.247 e. The van der Waals surface area contributed by atoms with E-state index in [0.29, 0.717) is 37.4 Å². The Morgan fingerprint density at radius 3 is 2.30 bits per heavy atom. The van der Waals surface area contributed by atoms with Crippen molar-refractivity contribution in [2.45, 2.75) is 51.2 Å². The third-order valence-electron chi connectivity index (χ3n) is 10.9. The molecule has 3 atom stereocenters. The minimum Gasteiger partial charge on any atom is -0.355 e. The van der Waals surface area contributed by atoms with Crippen molar-refractivity contribution in [3.63, 3.8) is 0 Å². The number of rotatable bonds is 14. The van der Waals surface area contributed by atoms with Crippen LogP contribution in [-0.2, 0) is 25.7 Å². The Morgan fingerprint density at radius 2 is 1.57 bits per heavy atom. The van der Waals surface area contributed by atoms with Gasteiger partial charge in [0.1, 0.15) is 12.1 Å². The Hall–Kier alpha value is -5.78. The SMILES string of the molecule is CCCN(CC(=O)Nc1ccc(-c2cc3cc(NC(=O)[C@@H]4CCCN4C(=O)[C@H](NC)c4ccccc4)ccc3[nH]2)cc1)C(=O)[C@H]1CCN(Cc2ccccc2)C1. The van der Waals surface area contributed by atoms with Gasteiger partial charge in [-0.15, -0.1) is 0 Å². The zero-order valence-corrected chi connectivity index (χ0v) is 32.2. The number of hydrogen-bond acceptors (Lipinski definition) is 6. The molecule has 7 rings (SSSR count). The number of fused-ring (bicyclic) bond motifs is 1. The Bertz CT molecular complexity index is 2140. The molecule has 11 heteroatoms. The summed E-state index contributed by atoms with van der Waals surface area (Å²) >= 11 is 0. The van der Waals surface area contributed by atoms with Crippen LogP contribution < -0.4 is 16.0 Å². The number of aromatic amines is 1. The molecule has 2 aliphatic heterocycles. The van der Waals surface area contributed by atoms with Gasteiger partial charge in [-0.2, -0.15) is 0 Å². The number of aromatic nitrogens is 1. The van der Waals surface area contributed by atoms with E-state index in [0.717, 1.165) is 60.1 Å². The molecule has 0 unspecified atom stereocenters. The summed E-state index contributed by atoms with van der Waals surface area (Å²) in [5, 5.41) is 10.1. The lowest BCUT2D eigenvalue weighted by molar-refractivity contribution is -0.138. The molecule has 2 aliphatic rings. The van der Waals surface area contributed by atoms with Crippen molar-refractivity contribution in [2.24, 2.45) is 5.92 Å². The van der Waals surface area contributed by atoms with Crippen molar-refractivity contribution in [3.8, 4) is 11.3 Å². The first-order chi connectivity index (χ1) is 27.3. The number of amides is 4. The van der Waals surface area contributed by atoms with Crippen LogP contribution >= 0.6 is 0 Å². The van der Waals surface area contributed by atoms with E-state index in [1.54, 1.807) is 16.8 Å². The number of benzene rings is 4. The van der Waals surface area contributed by atoms with Crippen LogP contribution in [0.4, 0.5) is 11.4 Å². The highest BCUT2D eigenvalue weighted by Crippen LogP contribution is 2.29. The first-order valence-electron chi connectivity index (χ1n) is 19.7. The molecule has 290 valence electrons. The second-order valence-electron chi connectivity index (χ2n) is 14.9. The zero-order valence-electron chi connectivity index (χ0n) is 32.2. The smallest absolute Gasteiger partial charge is 0.247 e.